The van der Waals surface area contributed by atoms with Crippen LogP contribution in [0.25, 0.3) is 0 Å². The molecule has 28 heavy (non-hydrogen) atoms. The second-order valence-electron chi connectivity index (χ2n) is 6.76. The summed E-state index contributed by atoms with van der Waals surface area (Å²) in [6.45, 7) is 5.75. The smallest absolute Gasteiger partial charge is 0.191 e. The number of anilines is 1. The molecule has 2 N–H and O–H groups in total. The molecule has 7 nitrogen and oxygen atoms in total. The molecule has 0 bridgehead atoms. The Morgan fingerprint density at radius 2 is 2.18 bits per heavy atom. The molecule has 0 aliphatic carbocycles. The van der Waals surface area contributed by atoms with Gasteiger partial charge >= 0.3 is 0 Å². The Hall–Kier alpha value is -1.55. The normalized spacial score (nSPS) is 16.8. The Kier molecular flexibility index (Phi) is 9.30. The standard InChI is InChI=1S/C19H28ClN7.HI/c1-15-22-10-13-26(15)11-4-3-8-24-19(21-2)25-16-7-12-27(14-16)18-17(20)6-5-9-23-18;/h5-6,9-10,13,16H,3-4,7-8,11-12,14H2,1-2H3,(H2,21,24,25);1H. The lowest BCUT2D eigenvalue weighted by Gasteiger charge is -2.20. The van der Waals surface area contributed by atoms with Crippen molar-refractivity contribution in [1.82, 2.24) is 25.2 Å². The maximum Gasteiger partial charge on any atom is 0.191 e. The first-order chi connectivity index (χ1) is 13.2. The highest BCUT2D eigenvalue weighted by Gasteiger charge is 2.25. The van der Waals surface area contributed by atoms with E-state index in [1.54, 1.807) is 6.20 Å². The minimum Gasteiger partial charge on any atom is -0.356 e. The zero-order valence-electron chi connectivity index (χ0n) is 16.4. The number of guanidine groups is 1. The summed E-state index contributed by atoms with van der Waals surface area (Å²) >= 11 is 6.26. The maximum absolute atomic E-state index is 6.26. The van der Waals surface area contributed by atoms with Crippen LogP contribution in [0.15, 0.2) is 35.7 Å². The largest absolute Gasteiger partial charge is 0.356 e. The molecule has 1 atom stereocenters. The molecule has 3 rings (SSSR count). The van der Waals surface area contributed by atoms with Crippen molar-refractivity contribution in [3.63, 3.8) is 0 Å². The lowest BCUT2D eigenvalue weighted by atomic mass is 10.2. The second kappa shape index (κ2) is 11.5. The molecular formula is C19H29ClIN7. The van der Waals surface area contributed by atoms with E-state index in [9.17, 15) is 0 Å². The van der Waals surface area contributed by atoms with Crippen molar-refractivity contribution >= 4 is 47.4 Å². The summed E-state index contributed by atoms with van der Waals surface area (Å²) in [6.07, 6.45) is 8.89. The fourth-order valence-corrected chi connectivity index (χ4v) is 3.56. The van der Waals surface area contributed by atoms with Crippen molar-refractivity contribution in [3.8, 4) is 0 Å². The predicted octanol–water partition coefficient (Wildman–Crippen LogP) is 3.08. The summed E-state index contributed by atoms with van der Waals surface area (Å²) in [7, 11) is 1.81. The van der Waals surface area contributed by atoms with Gasteiger partial charge in [-0.2, -0.15) is 0 Å². The molecule has 2 aromatic rings. The van der Waals surface area contributed by atoms with Gasteiger partial charge in [-0.1, -0.05) is 11.6 Å². The molecule has 1 aliphatic rings. The van der Waals surface area contributed by atoms with E-state index in [0.717, 1.165) is 63.0 Å². The third-order valence-corrected chi connectivity index (χ3v) is 5.13. The van der Waals surface area contributed by atoms with E-state index in [-0.39, 0.29) is 24.0 Å². The molecule has 1 unspecified atom stereocenters. The molecule has 3 heterocycles. The quantitative estimate of drug-likeness (QED) is 0.256. The van der Waals surface area contributed by atoms with Gasteiger partial charge in [0.25, 0.3) is 0 Å². The van der Waals surface area contributed by atoms with Gasteiger partial charge in [-0.3, -0.25) is 4.99 Å². The van der Waals surface area contributed by atoms with Crippen LogP contribution < -0.4 is 15.5 Å². The summed E-state index contributed by atoms with van der Waals surface area (Å²) in [5.74, 6) is 2.79. The number of unbranched alkanes of at least 4 members (excludes halogenated alkanes) is 1. The topological polar surface area (TPSA) is 70.4 Å². The minimum absolute atomic E-state index is 0. The highest BCUT2D eigenvalue weighted by atomic mass is 127. The zero-order valence-corrected chi connectivity index (χ0v) is 19.5. The number of hydrogen-bond acceptors (Lipinski definition) is 4. The van der Waals surface area contributed by atoms with Crippen LogP contribution in [0, 0.1) is 6.92 Å². The number of nitrogens with one attached hydrogen (secondary N) is 2. The van der Waals surface area contributed by atoms with Crippen LogP contribution in [-0.2, 0) is 6.54 Å². The van der Waals surface area contributed by atoms with E-state index in [2.05, 4.69) is 35.1 Å². The number of pyridine rings is 1. The third kappa shape index (κ3) is 6.23. The molecule has 0 aromatic carbocycles. The van der Waals surface area contributed by atoms with Gasteiger partial charge < -0.3 is 20.1 Å². The van der Waals surface area contributed by atoms with Crippen molar-refractivity contribution in [2.75, 3.05) is 31.6 Å². The number of rotatable bonds is 7. The lowest BCUT2D eigenvalue weighted by molar-refractivity contribution is 0.583. The van der Waals surface area contributed by atoms with Gasteiger partial charge in [0.1, 0.15) is 11.6 Å². The van der Waals surface area contributed by atoms with Crippen molar-refractivity contribution in [2.45, 2.75) is 38.8 Å². The Bertz CT molecular complexity index is 764. The van der Waals surface area contributed by atoms with Crippen LogP contribution in [0.2, 0.25) is 5.02 Å². The Balaban J connectivity index is 0.00000280. The Morgan fingerprint density at radius 1 is 1.32 bits per heavy atom. The van der Waals surface area contributed by atoms with Gasteiger partial charge in [-0.25, -0.2) is 9.97 Å². The first-order valence-corrected chi connectivity index (χ1v) is 9.85. The van der Waals surface area contributed by atoms with Gasteiger partial charge in [-0.05, 0) is 38.3 Å². The Morgan fingerprint density at radius 3 is 2.89 bits per heavy atom. The molecule has 154 valence electrons. The minimum atomic E-state index is 0. The molecule has 2 aromatic heterocycles. The highest BCUT2D eigenvalue weighted by Crippen LogP contribution is 2.25. The van der Waals surface area contributed by atoms with Gasteiger partial charge in [0.2, 0.25) is 0 Å². The number of nitrogens with zero attached hydrogens (tertiary/aromatic N) is 5. The highest BCUT2D eigenvalue weighted by molar-refractivity contribution is 14.0. The van der Waals surface area contributed by atoms with E-state index >= 15 is 0 Å². The first-order valence-electron chi connectivity index (χ1n) is 9.47. The first kappa shape index (κ1) is 22.7. The molecule has 1 aliphatic heterocycles. The number of hydrogen-bond donors (Lipinski definition) is 2. The molecule has 0 spiro atoms. The molecule has 0 radical (unpaired) electrons. The van der Waals surface area contributed by atoms with E-state index < -0.39 is 0 Å². The second-order valence-corrected chi connectivity index (χ2v) is 7.17. The number of aryl methyl sites for hydroxylation is 2. The summed E-state index contributed by atoms with van der Waals surface area (Å²) < 4.78 is 2.18. The van der Waals surface area contributed by atoms with Gasteiger partial charge in [-0.15, -0.1) is 24.0 Å². The van der Waals surface area contributed by atoms with Crippen LogP contribution in [0.1, 0.15) is 25.1 Å². The summed E-state index contributed by atoms with van der Waals surface area (Å²) in [5.41, 5.74) is 0. The molecule has 0 amide bonds. The molecule has 9 heteroatoms. The Labute approximate surface area is 189 Å². The van der Waals surface area contributed by atoms with E-state index in [4.69, 9.17) is 11.6 Å². The van der Waals surface area contributed by atoms with Crippen LogP contribution in [-0.4, -0.2) is 53.2 Å². The predicted molar refractivity (Wildman–Crippen MR) is 126 cm³/mol. The van der Waals surface area contributed by atoms with Crippen LogP contribution >= 0.6 is 35.6 Å². The summed E-state index contributed by atoms with van der Waals surface area (Å²) in [5, 5.41) is 7.62. The van der Waals surface area contributed by atoms with Crippen LogP contribution in [0.4, 0.5) is 5.82 Å². The molecule has 1 saturated heterocycles. The van der Waals surface area contributed by atoms with E-state index in [1.807, 2.05) is 38.5 Å². The van der Waals surface area contributed by atoms with Gasteiger partial charge in [0.05, 0.1) is 5.02 Å². The molecule has 0 saturated carbocycles. The maximum atomic E-state index is 6.26. The van der Waals surface area contributed by atoms with Crippen LogP contribution in [0.3, 0.4) is 0 Å². The van der Waals surface area contributed by atoms with Crippen molar-refractivity contribution in [3.05, 3.63) is 41.6 Å². The number of imidazole rings is 1. The summed E-state index contributed by atoms with van der Waals surface area (Å²) in [4.78, 5) is 15.2. The van der Waals surface area contributed by atoms with Crippen molar-refractivity contribution in [1.29, 1.82) is 0 Å². The fraction of sp³-hybridized carbons (Fsp3) is 0.526. The van der Waals surface area contributed by atoms with E-state index in [0.29, 0.717) is 11.1 Å². The molecular weight excluding hydrogens is 489 g/mol. The average molecular weight is 518 g/mol. The number of halogens is 2. The number of aromatic nitrogens is 3. The lowest BCUT2D eigenvalue weighted by Crippen LogP contribution is -2.44. The van der Waals surface area contributed by atoms with Gasteiger partial charge in [0, 0.05) is 57.9 Å². The third-order valence-electron chi connectivity index (χ3n) is 4.83. The SMILES string of the molecule is CN=C(NCCCCn1ccnc1C)NC1CCN(c2ncccc2Cl)C1.I. The summed E-state index contributed by atoms with van der Waals surface area (Å²) in [6, 6.07) is 4.08. The van der Waals surface area contributed by atoms with Crippen molar-refractivity contribution < 1.29 is 0 Å². The average Bonchev–Trinajstić information content (AvgIpc) is 3.30. The van der Waals surface area contributed by atoms with E-state index in [1.165, 1.54) is 0 Å². The monoisotopic (exact) mass is 517 g/mol. The number of aliphatic imine (C=N–C) groups is 1. The van der Waals surface area contributed by atoms with Crippen molar-refractivity contribution in [2.24, 2.45) is 4.99 Å². The molecule has 1 fully saturated rings. The van der Waals surface area contributed by atoms with Gasteiger partial charge in [0.15, 0.2) is 5.96 Å². The fourth-order valence-electron chi connectivity index (χ4n) is 3.32. The zero-order chi connectivity index (χ0) is 19.1. The van der Waals surface area contributed by atoms with Crippen LogP contribution in [0.5, 0.6) is 0 Å².